The smallest absolute Gasteiger partial charge is 0.293 e. The van der Waals surface area contributed by atoms with E-state index in [1.54, 1.807) is 49.4 Å². The van der Waals surface area contributed by atoms with Crippen LogP contribution in [-0.4, -0.2) is 104 Å². The zero-order valence-electron chi connectivity index (χ0n) is 45.3. The van der Waals surface area contributed by atoms with Crippen LogP contribution >= 0.6 is 45.2 Å². The molecule has 0 bridgehead atoms. The maximum absolute atomic E-state index is 13.1. The second-order valence-corrected chi connectivity index (χ2v) is 23.5. The molecule has 0 spiro atoms. The summed E-state index contributed by atoms with van der Waals surface area (Å²) in [6, 6.07) is 47.9. The molecule has 12 nitrogen and oxygen atoms in total. The first-order valence-corrected chi connectivity index (χ1v) is 29.9. The number of carbonyl (C=O) groups excluding carboxylic acids is 3. The minimum atomic E-state index is -3.59. The first kappa shape index (κ1) is 78.0. The minimum Gasteiger partial charge on any atom is -0.396 e. The fourth-order valence-electron chi connectivity index (χ4n) is 4.98. The summed E-state index contributed by atoms with van der Waals surface area (Å²) in [6.07, 6.45) is 5.09. The fourth-order valence-corrected chi connectivity index (χ4v) is 5.85. The van der Waals surface area contributed by atoms with Gasteiger partial charge in [0.2, 0.25) is 0 Å². The number of hydrogen-bond acceptors (Lipinski definition) is 12. The van der Waals surface area contributed by atoms with Gasteiger partial charge in [-0.3, -0.25) is 0 Å². The van der Waals surface area contributed by atoms with E-state index >= 15 is 0 Å². The Labute approximate surface area is 505 Å². The number of carbonyl (C=O) groups is 3. The van der Waals surface area contributed by atoms with Gasteiger partial charge in [0.05, 0.1) is 54.8 Å². The van der Waals surface area contributed by atoms with E-state index in [-0.39, 0.29) is 33.0 Å². The van der Waals surface area contributed by atoms with Gasteiger partial charge in [-0.25, -0.2) is 13.6 Å². The van der Waals surface area contributed by atoms with Gasteiger partial charge in [-0.15, -0.1) is 6.58 Å². The van der Waals surface area contributed by atoms with Crippen molar-refractivity contribution in [1.29, 1.82) is 0 Å². The summed E-state index contributed by atoms with van der Waals surface area (Å²) in [6.45, 7) is 10.1. The van der Waals surface area contributed by atoms with Crippen molar-refractivity contribution < 1.29 is 105 Å². The van der Waals surface area contributed by atoms with Gasteiger partial charge in [-0.2, -0.15) is 8.78 Å². The Morgan fingerprint density at radius 2 is 0.950 bits per heavy atom. The average molecular weight is 1470 g/mol. The number of halogens is 9. The van der Waals surface area contributed by atoms with Crippen LogP contribution in [0.1, 0.15) is 67.9 Å². The number of esters is 1. The van der Waals surface area contributed by atoms with E-state index in [0.29, 0.717) is 52.5 Å². The van der Waals surface area contributed by atoms with Crippen molar-refractivity contribution in [3.05, 3.63) is 192 Å². The zero-order valence-corrected chi connectivity index (χ0v) is 51.8. The summed E-state index contributed by atoms with van der Waals surface area (Å²) in [5, 5.41) is 16.7. The Morgan fingerprint density at radius 1 is 0.588 bits per heavy atom. The van der Waals surface area contributed by atoms with Gasteiger partial charge in [0.1, 0.15) is 26.1 Å². The SMILES string of the molecule is C=CCOCc1ccccc1.CCC(I)I.CCOC(=O)C(F)(F)COCc1ccccc1.CCOC(=O)[I-]C(F)F.O=CCCOCc1ccccc1.OCC(F)(F)COCc1ccccc1.OCCCOCc1ccccc1. The number of alkyl halides is 9. The molecule has 21 heteroatoms. The Hall–Kier alpha value is -4.06. The summed E-state index contributed by atoms with van der Waals surface area (Å²) in [5.74, 6) is -8.28. The zero-order chi connectivity index (χ0) is 60.0. The molecule has 0 amide bonds. The van der Waals surface area contributed by atoms with Gasteiger partial charge in [-0.05, 0) is 47.6 Å². The summed E-state index contributed by atoms with van der Waals surface area (Å²) in [5.41, 5.74) is 5.13. The van der Waals surface area contributed by atoms with Gasteiger partial charge in [0.15, 0.2) is 0 Å². The van der Waals surface area contributed by atoms with E-state index < -0.39 is 67.2 Å². The van der Waals surface area contributed by atoms with Crippen LogP contribution in [0.2, 0.25) is 0 Å². The second-order valence-electron chi connectivity index (χ2n) is 15.6. The largest absolute Gasteiger partial charge is 0.396 e. The molecule has 0 unspecified atom stereocenters. The molecule has 0 aliphatic rings. The molecule has 0 fully saturated rings. The Balaban J connectivity index is 0. The maximum atomic E-state index is 13.1. The van der Waals surface area contributed by atoms with Crippen LogP contribution in [0, 0.1) is 0 Å². The molecule has 0 aliphatic carbocycles. The van der Waals surface area contributed by atoms with Crippen molar-refractivity contribution in [2.45, 2.75) is 91.3 Å². The van der Waals surface area contributed by atoms with Crippen LogP contribution in [0.15, 0.2) is 164 Å². The van der Waals surface area contributed by atoms with Gasteiger partial charge < -0.3 is 43.4 Å². The molecular weight excluding hydrogens is 1400 g/mol. The van der Waals surface area contributed by atoms with Gasteiger partial charge in [0.25, 0.3) is 5.92 Å². The van der Waals surface area contributed by atoms with E-state index in [0.717, 1.165) is 24.9 Å². The number of aliphatic hydroxyl groups is 2. The van der Waals surface area contributed by atoms with Crippen LogP contribution in [-0.2, 0) is 75.8 Å². The summed E-state index contributed by atoms with van der Waals surface area (Å²) in [4.78, 5) is 31.0. The van der Waals surface area contributed by atoms with Crippen molar-refractivity contribution in [3.8, 4) is 0 Å². The van der Waals surface area contributed by atoms with Crippen molar-refractivity contribution in [2.24, 2.45) is 0 Å². The summed E-state index contributed by atoms with van der Waals surface area (Å²) in [7, 11) is 0. The molecule has 2 N–H and O–H groups in total. The Bertz CT molecular complexity index is 2180. The number of ether oxygens (including phenoxy) is 7. The van der Waals surface area contributed by atoms with E-state index in [2.05, 4.69) is 68.2 Å². The monoisotopic (exact) mass is 1470 g/mol. The first-order valence-electron chi connectivity index (χ1n) is 25.1. The van der Waals surface area contributed by atoms with Gasteiger partial charge >= 0.3 is 73.3 Å². The van der Waals surface area contributed by atoms with Crippen molar-refractivity contribution in [1.82, 2.24) is 0 Å². The van der Waals surface area contributed by atoms with Crippen LogP contribution in [0.4, 0.5) is 31.1 Å². The number of hydrogen-bond donors (Lipinski definition) is 2. The molecule has 80 heavy (non-hydrogen) atoms. The third-order valence-electron chi connectivity index (χ3n) is 8.76. The molecule has 0 heterocycles. The number of aldehydes is 1. The van der Waals surface area contributed by atoms with Crippen molar-refractivity contribution in [2.75, 3.05) is 59.5 Å². The number of rotatable bonds is 29. The molecule has 448 valence electrons. The Morgan fingerprint density at radius 3 is 1.27 bits per heavy atom. The van der Waals surface area contributed by atoms with E-state index in [9.17, 15) is 40.7 Å². The van der Waals surface area contributed by atoms with Crippen LogP contribution < -0.4 is 21.2 Å². The molecule has 0 radical (unpaired) electrons. The third-order valence-corrected chi connectivity index (χ3v) is 11.8. The minimum absolute atomic E-state index is 0.0375. The Kier molecular flexibility index (Phi) is 52.9. The van der Waals surface area contributed by atoms with Crippen molar-refractivity contribution >= 4 is 61.4 Å². The topological polar surface area (TPSA) is 156 Å². The molecule has 5 aromatic carbocycles. The van der Waals surface area contributed by atoms with Crippen LogP contribution in [0.5, 0.6) is 0 Å². The molecule has 5 aromatic rings. The molecule has 0 saturated heterocycles. The molecule has 0 atom stereocenters. The van der Waals surface area contributed by atoms with E-state index in [1.165, 1.54) is 24.5 Å². The first-order chi connectivity index (χ1) is 38.4. The quantitative estimate of drug-likeness (QED) is 0.00684. The number of benzene rings is 5. The third kappa shape index (κ3) is 50.9. The molecule has 0 aromatic heterocycles. The number of aliphatic hydroxyl groups excluding tert-OH is 2. The summed E-state index contributed by atoms with van der Waals surface area (Å²) >= 11 is 3.09. The molecular formula is C59H76F6I3O12-. The fraction of sp³-hybridized carbons (Fsp3) is 0.407. The van der Waals surface area contributed by atoms with Crippen LogP contribution in [0.25, 0.3) is 0 Å². The van der Waals surface area contributed by atoms with Gasteiger partial charge in [-0.1, -0.05) is 210 Å². The maximum Gasteiger partial charge on any atom is 0.293 e. The second kappa shape index (κ2) is 54.2. The molecule has 0 aliphatic heterocycles. The molecule has 0 saturated carbocycles. The average Bonchev–Trinajstić information content (AvgIpc) is 3.46. The predicted octanol–water partition coefficient (Wildman–Crippen LogP) is 11.0. The standard InChI is InChI=1S/C12H14F2O3.C10H12F2O2.C10H14O2.C10H12O2.C10H12O.C4H6F2IO2.C3H6I2/c1-2-17-11(15)12(13,14)9-16-8-10-6-4-3-5-7-10;11-10(12,7-13)8-14-6-9-4-2-1-3-5-9;2*11-7-4-8-12-9-10-5-2-1-3-6-10;1-2-8-11-9-10-6-4-3-5-7-10;1-2-9-4(8)7-3(5)6;1-2-3(4)5/h3-7H,2,8-9H2,1H3;1-5,13H,6-8H2;1-3,5-6,11H,4,7-9H2;1-3,5-7H,4,8-9H2;2-7H,1,8-9H2;3H,2H2,1H3;3H,2H2,1H3/q;;;;;-1;. The normalized spacial score (nSPS) is 10.4. The molecule has 5 rings (SSSR count). The predicted molar refractivity (Wildman–Crippen MR) is 312 cm³/mol. The van der Waals surface area contributed by atoms with Gasteiger partial charge in [0, 0.05) is 19.6 Å². The van der Waals surface area contributed by atoms with Crippen molar-refractivity contribution in [3.63, 3.8) is 0 Å². The van der Waals surface area contributed by atoms with Crippen LogP contribution in [0.3, 0.4) is 0 Å². The van der Waals surface area contributed by atoms with E-state index in [4.69, 9.17) is 33.9 Å². The van der Waals surface area contributed by atoms with E-state index in [1.807, 2.05) is 115 Å². The summed E-state index contributed by atoms with van der Waals surface area (Å²) < 4.78 is 105.